The van der Waals surface area contributed by atoms with E-state index in [4.69, 9.17) is 9.47 Å². The first-order valence-corrected chi connectivity index (χ1v) is 8.66. The minimum Gasteiger partial charge on any atom is -0.486 e. The Labute approximate surface area is 126 Å². The van der Waals surface area contributed by atoms with Crippen molar-refractivity contribution in [2.45, 2.75) is 18.7 Å². The molecule has 7 heteroatoms. The molecule has 0 spiro atoms. The van der Waals surface area contributed by atoms with E-state index in [0.717, 1.165) is 13.1 Å². The molecule has 21 heavy (non-hydrogen) atoms. The predicted molar refractivity (Wildman–Crippen MR) is 80.4 cm³/mol. The van der Waals surface area contributed by atoms with Crippen LogP contribution in [0.2, 0.25) is 0 Å². The lowest BCUT2D eigenvalue weighted by molar-refractivity contribution is 0.171. The summed E-state index contributed by atoms with van der Waals surface area (Å²) in [6.07, 6.45) is 0. The quantitative estimate of drug-likeness (QED) is 0.815. The summed E-state index contributed by atoms with van der Waals surface area (Å²) in [7, 11) is -3.52. The van der Waals surface area contributed by atoms with E-state index in [1.54, 1.807) is 6.07 Å². The van der Waals surface area contributed by atoms with Gasteiger partial charge in [0.1, 0.15) is 13.2 Å². The summed E-state index contributed by atoms with van der Waals surface area (Å²) in [5, 5.41) is 0. The van der Waals surface area contributed by atoms with Gasteiger partial charge >= 0.3 is 0 Å². The van der Waals surface area contributed by atoms with Crippen LogP contribution in [0.25, 0.3) is 0 Å². The minimum atomic E-state index is -3.52. The standard InChI is InChI=1S/C14H22N2O4S/c1-3-16(4-2)8-7-15-21(17,18)12-5-6-13-14(11-12)20-10-9-19-13/h5-6,11,15H,3-4,7-10H2,1-2H3. The number of nitrogens with zero attached hydrogens (tertiary/aromatic N) is 1. The van der Waals surface area contributed by atoms with E-state index >= 15 is 0 Å². The van der Waals surface area contributed by atoms with Gasteiger partial charge in [-0.3, -0.25) is 0 Å². The Morgan fingerprint density at radius 3 is 2.48 bits per heavy atom. The predicted octanol–water partition coefficient (Wildman–Crippen LogP) is 1.08. The summed E-state index contributed by atoms with van der Waals surface area (Å²) < 4.78 is 37.9. The molecule has 2 rings (SSSR count). The van der Waals surface area contributed by atoms with Crippen molar-refractivity contribution < 1.29 is 17.9 Å². The van der Waals surface area contributed by atoms with Gasteiger partial charge in [0.25, 0.3) is 0 Å². The molecule has 0 unspecified atom stereocenters. The summed E-state index contributed by atoms with van der Waals surface area (Å²) in [5.74, 6) is 1.07. The maximum Gasteiger partial charge on any atom is 0.240 e. The van der Waals surface area contributed by atoms with Gasteiger partial charge in [-0.2, -0.15) is 0 Å². The van der Waals surface area contributed by atoms with Gasteiger partial charge in [0.2, 0.25) is 10.0 Å². The van der Waals surface area contributed by atoms with Crippen LogP contribution in [-0.4, -0.2) is 52.7 Å². The zero-order valence-electron chi connectivity index (χ0n) is 12.5. The molecule has 1 aromatic rings. The van der Waals surface area contributed by atoms with Crippen LogP contribution in [-0.2, 0) is 10.0 Å². The average molecular weight is 314 g/mol. The second-order valence-electron chi connectivity index (χ2n) is 4.73. The van der Waals surface area contributed by atoms with Gasteiger partial charge < -0.3 is 14.4 Å². The fourth-order valence-electron chi connectivity index (χ4n) is 2.15. The molecule has 1 aliphatic rings. The van der Waals surface area contributed by atoms with Gasteiger partial charge in [0, 0.05) is 19.2 Å². The molecule has 0 bridgehead atoms. The number of hydrogen-bond donors (Lipinski definition) is 1. The van der Waals surface area contributed by atoms with Crippen molar-refractivity contribution in [2.24, 2.45) is 0 Å². The Hall–Kier alpha value is -1.31. The fourth-order valence-corrected chi connectivity index (χ4v) is 3.19. The van der Waals surface area contributed by atoms with Gasteiger partial charge in [-0.05, 0) is 25.2 Å². The second-order valence-corrected chi connectivity index (χ2v) is 6.50. The Balaban J connectivity index is 2.02. The maximum atomic E-state index is 12.3. The molecule has 0 aliphatic carbocycles. The van der Waals surface area contributed by atoms with Crippen LogP contribution in [0.4, 0.5) is 0 Å². The Bertz CT molecular complexity index is 570. The van der Waals surface area contributed by atoms with Gasteiger partial charge in [-0.15, -0.1) is 0 Å². The number of rotatable bonds is 7. The van der Waals surface area contributed by atoms with E-state index in [1.165, 1.54) is 12.1 Å². The van der Waals surface area contributed by atoms with Crippen molar-refractivity contribution in [3.05, 3.63) is 18.2 Å². The number of benzene rings is 1. The van der Waals surface area contributed by atoms with Crippen LogP contribution in [0.15, 0.2) is 23.1 Å². The highest BCUT2D eigenvalue weighted by molar-refractivity contribution is 7.89. The molecule has 0 saturated heterocycles. The molecule has 1 aromatic carbocycles. The molecule has 0 amide bonds. The summed E-state index contributed by atoms with van der Waals surface area (Å²) in [4.78, 5) is 2.36. The van der Waals surface area contributed by atoms with Gasteiger partial charge in [0.05, 0.1) is 4.90 Å². The third kappa shape index (κ3) is 4.09. The molecule has 0 aromatic heterocycles. The van der Waals surface area contributed by atoms with Crippen molar-refractivity contribution in [3.8, 4) is 11.5 Å². The number of hydrogen-bond acceptors (Lipinski definition) is 5. The molecule has 0 saturated carbocycles. The van der Waals surface area contributed by atoms with Crippen LogP contribution in [0.1, 0.15) is 13.8 Å². The molecule has 6 nitrogen and oxygen atoms in total. The fraction of sp³-hybridized carbons (Fsp3) is 0.571. The van der Waals surface area contributed by atoms with E-state index in [0.29, 0.717) is 37.8 Å². The number of nitrogens with one attached hydrogen (secondary N) is 1. The van der Waals surface area contributed by atoms with Crippen molar-refractivity contribution in [1.29, 1.82) is 0 Å². The molecule has 118 valence electrons. The zero-order valence-corrected chi connectivity index (χ0v) is 13.3. The number of ether oxygens (including phenoxy) is 2. The number of likely N-dealkylation sites (N-methyl/N-ethyl adjacent to an activating group) is 1. The van der Waals surface area contributed by atoms with Crippen molar-refractivity contribution in [3.63, 3.8) is 0 Å². The highest BCUT2D eigenvalue weighted by Gasteiger charge is 2.19. The van der Waals surface area contributed by atoms with Crippen LogP contribution in [0.3, 0.4) is 0 Å². The SMILES string of the molecule is CCN(CC)CCNS(=O)(=O)c1ccc2c(c1)OCCO2. The van der Waals surface area contributed by atoms with Crippen LogP contribution in [0.5, 0.6) is 11.5 Å². The normalized spacial score (nSPS) is 14.4. The van der Waals surface area contributed by atoms with E-state index in [2.05, 4.69) is 23.5 Å². The van der Waals surface area contributed by atoms with Crippen molar-refractivity contribution >= 4 is 10.0 Å². The van der Waals surface area contributed by atoms with E-state index in [9.17, 15) is 8.42 Å². The lowest BCUT2D eigenvalue weighted by Gasteiger charge is -2.20. The Morgan fingerprint density at radius 2 is 1.81 bits per heavy atom. The Kier molecular flexibility index (Phi) is 5.44. The monoisotopic (exact) mass is 314 g/mol. The van der Waals surface area contributed by atoms with E-state index in [-0.39, 0.29) is 4.90 Å². The van der Waals surface area contributed by atoms with Crippen molar-refractivity contribution in [2.75, 3.05) is 39.4 Å². The summed E-state index contributed by atoms with van der Waals surface area (Å²) >= 11 is 0. The number of sulfonamides is 1. The summed E-state index contributed by atoms with van der Waals surface area (Å²) in [6.45, 7) is 7.92. The molecular weight excluding hydrogens is 292 g/mol. The Morgan fingerprint density at radius 1 is 1.14 bits per heavy atom. The van der Waals surface area contributed by atoms with Crippen LogP contribution < -0.4 is 14.2 Å². The zero-order chi connectivity index (χ0) is 15.3. The third-order valence-corrected chi connectivity index (χ3v) is 4.90. The van der Waals surface area contributed by atoms with E-state index < -0.39 is 10.0 Å². The van der Waals surface area contributed by atoms with Gasteiger partial charge in [-0.1, -0.05) is 13.8 Å². The smallest absolute Gasteiger partial charge is 0.240 e. The molecule has 1 aliphatic heterocycles. The minimum absolute atomic E-state index is 0.200. The van der Waals surface area contributed by atoms with Crippen molar-refractivity contribution in [1.82, 2.24) is 9.62 Å². The van der Waals surface area contributed by atoms with Crippen LogP contribution in [0, 0.1) is 0 Å². The third-order valence-electron chi connectivity index (χ3n) is 3.44. The molecule has 0 radical (unpaired) electrons. The molecular formula is C14H22N2O4S. The molecule has 0 atom stereocenters. The average Bonchev–Trinajstić information content (AvgIpc) is 2.51. The topological polar surface area (TPSA) is 67.9 Å². The lowest BCUT2D eigenvalue weighted by Crippen LogP contribution is -2.34. The highest BCUT2D eigenvalue weighted by atomic mass is 32.2. The molecule has 1 heterocycles. The van der Waals surface area contributed by atoms with Gasteiger partial charge in [0.15, 0.2) is 11.5 Å². The summed E-state index contributed by atoms with van der Waals surface area (Å²) in [5.41, 5.74) is 0. The van der Waals surface area contributed by atoms with Gasteiger partial charge in [-0.25, -0.2) is 13.1 Å². The largest absolute Gasteiger partial charge is 0.486 e. The van der Waals surface area contributed by atoms with E-state index in [1.807, 2.05) is 0 Å². The summed E-state index contributed by atoms with van der Waals surface area (Å²) in [6, 6.07) is 4.68. The lowest BCUT2D eigenvalue weighted by atomic mass is 10.3. The molecule has 0 fully saturated rings. The maximum absolute atomic E-state index is 12.3. The first-order valence-electron chi connectivity index (χ1n) is 7.18. The highest BCUT2D eigenvalue weighted by Crippen LogP contribution is 2.32. The first kappa shape index (κ1) is 16.1. The van der Waals surface area contributed by atoms with Crippen LogP contribution >= 0.6 is 0 Å². The second kappa shape index (κ2) is 7.11. The first-order chi connectivity index (χ1) is 10.1. The number of fused-ring (bicyclic) bond motifs is 1. The molecule has 1 N–H and O–H groups in total.